The summed E-state index contributed by atoms with van der Waals surface area (Å²) < 4.78 is 15.8. The molecule has 0 rings (SSSR count). The number of aliphatic hydroxyl groups is 2. The molecule has 0 fully saturated rings. The molecule has 0 heterocycles. The lowest BCUT2D eigenvalue weighted by atomic mass is 10.2. The van der Waals surface area contributed by atoms with E-state index in [0.29, 0.717) is 0 Å². The van der Waals surface area contributed by atoms with Crippen molar-refractivity contribution >= 4 is 16.8 Å². The number of rotatable bonds is 7. The minimum absolute atomic E-state index is 0.0319. The first-order valence-electron chi connectivity index (χ1n) is 4.35. The van der Waals surface area contributed by atoms with Gasteiger partial charge in [0.1, 0.15) is 6.61 Å². The van der Waals surface area contributed by atoms with E-state index >= 15 is 0 Å². The van der Waals surface area contributed by atoms with E-state index < -0.39 is 22.7 Å². The summed E-state index contributed by atoms with van der Waals surface area (Å²) in [4.78, 5) is 11.1. The average molecular weight is 224 g/mol. The van der Waals surface area contributed by atoms with E-state index in [-0.39, 0.29) is 31.3 Å². The molecule has 0 radical (unpaired) electrons. The van der Waals surface area contributed by atoms with Crippen LogP contribution in [0.4, 0.5) is 0 Å². The van der Waals surface area contributed by atoms with Crippen molar-refractivity contribution in [1.82, 2.24) is 0 Å². The van der Waals surface area contributed by atoms with Crippen LogP contribution in [0.5, 0.6) is 0 Å². The van der Waals surface area contributed by atoms with Crippen LogP contribution in [0.15, 0.2) is 0 Å². The Bertz CT molecular complexity index is 194. The van der Waals surface area contributed by atoms with Gasteiger partial charge in [-0.3, -0.25) is 9.00 Å². The smallest absolute Gasteiger partial charge is 0.309 e. The van der Waals surface area contributed by atoms with Crippen LogP contribution in [-0.2, 0) is 20.3 Å². The van der Waals surface area contributed by atoms with Gasteiger partial charge in [-0.1, -0.05) is 6.92 Å². The van der Waals surface area contributed by atoms with Crippen molar-refractivity contribution in [1.29, 1.82) is 0 Å². The van der Waals surface area contributed by atoms with Gasteiger partial charge in [0.2, 0.25) is 0 Å². The Labute approximate surface area is 85.5 Å². The molecule has 0 spiro atoms. The zero-order valence-corrected chi connectivity index (χ0v) is 8.96. The fourth-order valence-electron chi connectivity index (χ4n) is 0.821. The minimum Gasteiger partial charge on any atom is -0.463 e. The largest absolute Gasteiger partial charge is 0.463 e. The maximum absolute atomic E-state index is 11.1. The van der Waals surface area contributed by atoms with Gasteiger partial charge in [0.05, 0.1) is 19.1 Å². The lowest BCUT2D eigenvalue weighted by Crippen LogP contribution is -2.23. The van der Waals surface area contributed by atoms with Crippen LogP contribution in [0.3, 0.4) is 0 Å². The number of hydrogen-bond donors (Lipinski definition) is 2. The molecule has 0 aliphatic heterocycles. The topological polar surface area (TPSA) is 83.8 Å². The van der Waals surface area contributed by atoms with Crippen molar-refractivity contribution in [2.75, 3.05) is 31.3 Å². The normalized spacial score (nSPS) is 14.8. The summed E-state index contributed by atoms with van der Waals surface area (Å²) in [6, 6.07) is 0. The first-order chi connectivity index (χ1) is 6.61. The molecule has 0 aromatic carbocycles. The van der Waals surface area contributed by atoms with E-state index in [1.54, 1.807) is 6.92 Å². The van der Waals surface area contributed by atoms with Gasteiger partial charge in [-0.25, -0.2) is 0 Å². The zero-order chi connectivity index (χ0) is 11.0. The molecular formula is C8H16O5S. The lowest BCUT2D eigenvalue weighted by Gasteiger charge is -2.09. The van der Waals surface area contributed by atoms with Crippen LogP contribution >= 0.6 is 0 Å². The third-order valence-corrected chi connectivity index (χ3v) is 3.00. The maximum Gasteiger partial charge on any atom is 0.309 e. The van der Waals surface area contributed by atoms with Crippen LogP contribution in [0.25, 0.3) is 0 Å². The van der Waals surface area contributed by atoms with Gasteiger partial charge in [0, 0.05) is 22.3 Å². The fraction of sp³-hybridized carbons (Fsp3) is 0.875. The molecule has 0 aromatic rings. The summed E-state index contributed by atoms with van der Waals surface area (Å²) in [5.74, 6) is -0.568. The molecule has 0 saturated carbocycles. The zero-order valence-electron chi connectivity index (χ0n) is 8.14. The van der Waals surface area contributed by atoms with E-state index in [1.807, 2.05) is 0 Å². The number of carbonyl (C=O) groups is 1. The number of carbonyl (C=O) groups excluding carboxylic acids is 1. The number of ether oxygens (including phenoxy) is 1. The second-order valence-corrected chi connectivity index (χ2v) is 4.45. The van der Waals surface area contributed by atoms with Crippen molar-refractivity contribution in [2.45, 2.75) is 6.92 Å². The van der Waals surface area contributed by atoms with Crippen molar-refractivity contribution in [3.8, 4) is 0 Å². The van der Waals surface area contributed by atoms with Crippen LogP contribution in [0.1, 0.15) is 6.92 Å². The number of esters is 1. The fourth-order valence-corrected chi connectivity index (χ4v) is 1.88. The monoisotopic (exact) mass is 224 g/mol. The molecule has 6 heteroatoms. The Hall–Kier alpha value is -0.460. The molecule has 14 heavy (non-hydrogen) atoms. The molecule has 84 valence electrons. The van der Waals surface area contributed by atoms with Gasteiger partial charge in [-0.2, -0.15) is 0 Å². The summed E-state index contributed by atoms with van der Waals surface area (Å²) in [7, 11) is -1.19. The highest BCUT2D eigenvalue weighted by molar-refractivity contribution is 7.85. The molecule has 0 amide bonds. The Morgan fingerprint density at radius 3 is 2.57 bits per heavy atom. The summed E-state index contributed by atoms with van der Waals surface area (Å²) in [5, 5.41) is 16.9. The van der Waals surface area contributed by atoms with Crippen LogP contribution in [0.2, 0.25) is 0 Å². The number of hydrogen-bond acceptors (Lipinski definition) is 5. The summed E-state index contributed by atoms with van der Waals surface area (Å²) in [5.41, 5.74) is 0. The van der Waals surface area contributed by atoms with Crippen molar-refractivity contribution in [3.63, 3.8) is 0 Å². The van der Waals surface area contributed by atoms with Crippen molar-refractivity contribution < 1.29 is 24.0 Å². The SMILES string of the molecule is CC(CS(=O)CCO)C(=O)OCCO. The molecule has 5 nitrogen and oxygen atoms in total. The van der Waals surface area contributed by atoms with Gasteiger partial charge >= 0.3 is 5.97 Å². The van der Waals surface area contributed by atoms with E-state index in [4.69, 9.17) is 10.2 Å². The summed E-state index contributed by atoms with van der Waals surface area (Å²) >= 11 is 0. The van der Waals surface area contributed by atoms with Gasteiger partial charge in [-0.15, -0.1) is 0 Å². The molecule has 0 bridgehead atoms. The van der Waals surface area contributed by atoms with E-state index in [1.165, 1.54) is 0 Å². The first-order valence-corrected chi connectivity index (χ1v) is 5.84. The van der Waals surface area contributed by atoms with E-state index in [9.17, 15) is 9.00 Å². The third-order valence-electron chi connectivity index (χ3n) is 1.49. The van der Waals surface area contributed by atoms with E-state index in [2.05, 4.69) is 4.74 Å². The van der Waals surface area contributed by atoms with Gasteiger partial charge < -0.3 is 14.9 Å². The van der Waals surface area contributed by atoms with Crippen molar-refractivity contribution in [2.24, 2.45) is 5.92 Å². The van der Waals surface area contributed by atoms with Crippen LogP contribution in [0, 0.1) is 5.92 Å². The second-order valence-electron chi connectivity index (χ2n) is 2.83. The summed E-state index contributed by atoms with van der Waals surface area (Å²) in [6.45, 7) is 1.22. The quantitative estimate of drug-likeness (QED) is 0.536. The minimum atomic E-state index is -1.19. The van der Waals surface area contributed by atoms with Gasteiger partial charge in [-0.05, 0) is 0 Å². The molecule has 2 N–H and O–H groups in total. The Balaban J connectivity index is 3.76. The highest BCUT2D eigenvalue weighted by Gasteiger charge is 2.16. The summed E-state index contributed by atoms with van der Waals surface area (Å²) in [6.07, 6.45) is 0. The highest BCUT2D eigenvalue weighted by atomic mass is 32.2. The molecule has 2 atom stereocenters. The molecule has 2 unspecified atom stereocenters. The van der Waals surface area contributed by atoms with Crippen LogP contribution < -0.4 is 0 Å². The highest BCUT2D eigenvalue weighted by Crippen LogP contribution is 2.01. The first kappa shape index (κ1) is 13.5. The molecule has 0 saturated heterocycles. The predicted molar refractivity (Wildman–Crippen MR) is 52.2 cm³/mol. The van der Waals surface area contributed by atoms with Crippen molar-refractivity contribution in [3.05, 3.63) is 0 Å². The third kappa shape index (κ3) is 6.06. The Morgan fingerprint density at radius 2 is 2.07 bits per heavy atom. The molecule has 0 aromatic heterocycles. The molecule has 0 aliphatic rings. The number of aliphatic hydroxyl groups excluding tert-OH is 2. The van der Waals surface area contributed by atoms with Crippen LogP contribution in [-0.4, -0.2) is 51.7 Å². The predicted octanol–water partition coefficient (Wildman–Crippen LogP) is -1.10. The maximum atomic E-state index is 11.1. The van der Waals surface area contributed by atoms with E-state index in [0.717, 1.165) is 0 Å². The Morgan fingerprint density at radius 1 is 1.43 bits per heavy atom. The average Bonchev–Trinajstić information content (AvgIpc) is 2.14. The Kier molecular flexibility index (Phi) is 7.64. The molecular weight excluding hydrogens is 208 g/mol. The lowest BCUT2D eigenvalue weighted by molar-refractivity contribution is -0.148. The van der Waals surface area contributed by atoms with Gasteiger partial charge in [0.25, 0.3) is 0 Å². The molecule has 0 aliphatic carbocycles. The van der Waals surface area contributed by atoms with Gasteiger partial charge in [0.15, 0.2) is 0 Å². The standard InChI is InChI=1S/C8H16O5S/c1-7(6-14(12)5-3-10)8(11)13-4-2-9/h7,9-10H,2-6H2,1H3. The second kappa shape index (κ2) is 7.90.